The molecule has 6 heteroatoms. The molecular weight excluding hydrogens is 284 g/mol. The first-order valence-electron chi connectivity index (χ1n) is 7.60. The molecule has 1 saturated heterocycles. The average Bonchev–Trinajstić information content (AvgIpc) is 3.10. The molecule has 2 aromatic heterocycles. The molecule has 1 fully saturated rings. The lowest BCUT2D eigenvalue weighted by molar-refractivity contribution is -0.149. The van der Waals surface area contributed by atoms with Crippen molar-refractivity contribution in [1.82, 2.24) is 9.47 Å². The summed E-state index contributed by atoms with van der Waals surface area (Å²) in [5, 5.41) is 0. The van der Waals surface area contributed by atoms with E-state index in [0.717, 1.165) is 5.52 Å². The predicted molar refractivity (Wildman–Crippen MR) is 80.4 cm³/mol. The van der Waals surface area contributed by atoms with Gasteiger partial charge in [-0.2, -0.15) is 0 Å². The van der Waals surface area contributed by atoms with Gasteiger partial charge in [-0.05, 0) is 19.8 Å². The van der Waals surface area contributed by atoms with Gasteiger partial charge in [0.05, 0.1) is 24.3 Å². The second kappa shape index (κ2) is 5.87. The molecule has 1 aliphatic rings. The number of ether oxygens (including phenoxy) is 1. The molecule has 22 heavy (non-hydrogen) atoms. The zero-order chi connectivity index (χ0) is 15.7. The van der Waals surface area contributed by atoms with Crippen LogP contribution in [0.1, 0.15) is 30.3 Å². The van der Waals surface area contributed by atoms with E-state index >= 15 is 0 Å². The van der Waals surface area contributed by atoms with E-state index in [1.165, 1.54) is 0 Å². The predicted octanol–water partition coefficient (Wildman–Crippen LogP) is 2.19. The van der Waals surface area contributed by atoms with Gasteiger partial charge in [0.1, 0.15) is 5.69 Å². The summed E-state index contributed by atoms with van der Waals surface area (Å²) in [7, 11) is 1.86. The molecule has 0 aromatic carbocycles. The van der Waals surface area contributed by atoms with Gasteiger partial charge in [0.15, 0.2) is 5.58 Å². The van der Waals surface area contributed by atoms with Crippen LogP contribution >= 0.6 is 0 Å². The zero-order valence-electron chi connectivity index (χ0n) is 12.9. The number of hydrogen-bond donors (Lipinski definition) is 0. The first-order chi connectivity index (χ1) is 10.6. The summed E-state index contributed by atoms with van der Waals surface area (Å²) in [6.07, 6.45) is 2.93. The van der Waals surface area contributed by atoms with Gasteiger partial charge >= 0.3 is 5.97 Å². The first-order valence-corrected chi connectivity index (χ1v) is 7.60. The summed E-state index contributed by atoms with van der Waals surface area (Å²) in [6.45, 7) is 3.37. The van der Waals surface area contributed by atoms with E-state index in [1.807, 2.05) is 24.6 Å². The number of likely N-dealkylation sites (tertiary alicyclic amines) is 1. The van der Waals surface area contributed by atoms with Gasteiger partial charge in [-0.3, -0.25) is 9.59 Å². The number of rotatable bonds is 3. The van der Waals surface area contributed by atoms with E-state index in [9.17, 15) is 9.59 Å². The Morgan fingerprint density at radius 1 is 1.36 bits per heavy atom. The summed E-state index contributed by atoms with van der Waals surface area (Å²) in [6, 6.07) is 3.62. The second-order valence-electron chi connectivity index (χ2n) is 5.58. The Labute approximate surface area is 128 Å². The van der Waals surface area contributed by atoms with Crippen LogP contribution < -0.4 is 0 Å². The molecule has 118 valence electrons. The molecule has 1 amide bonds. The highest BCUT2D eigenvalue weighted by Gasteiger charge is 2.29. The molecule has 0 saturated carbocycles. The fraction of sp³-hybridized carbons (Fsp3) is 0.500. The summed E-state index contributed by atoms with van der Waals surface area (Å²) in [5.74, 6) is -0.254. The lowest BCUT2D eigenvalue weighted by Crippen LogP contribution is -2.41. The number of esters is 1. The number of aromatic nitrogens is 1. The zero-order valence-corrected chi connectivity index (χ0v) is 12.9. The van der Waals surface area contributed by atoms with Crippen molar-refractivity contribution in [3.8, 4) is 0 Å². The molecule has 0 radical (unpaired) electrons. The lowest BCUT2D eigenvalue weighted by atomic mass is 9.97. The number of piperidine rings is 1. The number of furan rings is 1. The number of hydrogen-bond acceptors (Lipinski definition) is 4. The van der Waals surface area contributed by atoms with Crippen molar-refractivity contribution in [1.29, 1.82) is 0 Å². The van der Waals surface area contributed by atoms with E-state index in [0.29, 0.717) is 43.8 Å². The minimum Gasteiger partial charge on any atom is -0.466 e. The van der Waals surface area contributed by atoms with Gasteiger partial charge < -0.3 is 18.6 Å². The summed E-state index contributed by atoms with van der Waals surface area (Å²) >= 11 is 0. The number of nitrogens with zero attached hydrogens (tertiary/aromatic N) is 2. The Kier molecular flexibility index (Phi) is 3.92. The van der Waals surface area contributed by atoms with Crippen LogP contribution in [0.4, 0.5) is 0 Å². The van der Waals surface area contributed by atoms with Crippen LogP contribution in [0.15, 0.2) is 22.8 Å². The maximum atomic E-state index is 12.6. The largest absolute Gasteiger partial charge is 0.466 e. The van der Waals surface area contributed by atoms with Crippen LogP contribution in [-0.2, 0) is 16.6 Å². The van der Waals surface area contributed by atoms with E-state index < -0.39 is 0 Å². The van der Waals surface area contributed by atoms with Crippen LogP contribution in [0.25, 0.3) is 11.1 Å². The minimum absolute atomic E-state index is 0.0174. The van der Waals surface area contributed by atoms with E-state index in [4.69, 9.17) is 9.15 Å². The molecule has 0 unspecified atom stereocenters. The van der Waals surface area contributed by atoms with E-state index in [-0.39, 0.29) is 17.8 Å². The number of fused-ring (bicyclic) bond motifs is 1. The van der Waals surface area contributed by atoms with Crippen LogP contribution in [-0.4, -0.2) is 41.0 Å². The fourth-order valence-electron chi connectivity index (χ4n) is 3.00. The van der Waals surface area contributed by atoms with Crippen LogP contribution in [0.3, 0.4) is 0 Å². The average molecular weight is 304 g/mol. The Morgan fingerprint density at radius 3 is 2.73 bits per heavy atom. The topological polar surface area (TPSA) is 64.7 Å². The molecule has 0 spiro atoms. The molecular formula is C16H20N2O4. The number of aryl methyl sites for hydroxylation is 1. The molecule has 2 aromatic rings. The summed E-state index contributed by atoms with van der Waals surface area (Å²) in [5.41, 5.74) is 2.24. The molecule has 0 aliphatic carbocycles. The van der Waals surface area contributed by atoms with Gasteiger partial charge in [0.25, 0.3) is 5.91 Å². The molecule has 0 bridgehead atoms. The minimum atomic E-state index is -0.147. The molecule has 6 nitrogen and oxygen atoms in total. The van der Waals surface area contributed by atoms with Crippen molar-refractivity contribution in [3.05, 3.63) is 24.1 Å². The quantitative estimate of drug-likeness (QED) is 0.815. The van der Waals surface area contributed by atoms with E-state index in [2.05, 4.69) is 0 Å². The maximum Gasteiger partial charge on any atom is 0.309 e. The van der Waals surface area contributed by atoms with Gasteiger partial charge in [0.2, 0.25) is 0 Å². The third kappa shape index (κ3) is 2.49. The highest BCUT2D eigenvalue weighted by molar-refractivity contribution is 5.97. The Balaban J connectivity index is 1.68. The van der Waals surface area contributed by atoms with Crippen molar-refractivity contribution in [2.24, 2.45) is 13.0 Å². The molecule has 3 rings (SSSR count). The normalized spacial score (nSPS) is 16.2. The lowest BCUT2D eigenvalue weighted by Gasteiger charge is -2.30. The van der Waals surface area contributed by atoms with Crippen LogP contribution in [0, 0.1) is 5.92 Å². The van der Waals surface area contributed by atoms with Crippen LogP contribution in [0.5, 0.6) is 0 Å². The standard InChI is InChI=1S/C16H20N2O4/c1-3-21-16(20)11-4-7-18(8-5-11)15(19)13-10-14-12(17(13)2)6-9-22-14/h6,9-11H,3-5,7-8H2,1-2H3. The molecule has 0 atom stereocenters. The van der Waals surface area contributed by atoms with Crippen molar-refractivity contribution in [3.63, 3.8) is 0 Å². The van der Waals surface area contributed by atoms with Crippen molar-refractivity contribution in [2.45, 2.75) is 19.8 Å². The number of carbonyl (C=O) groups excluding carboxylic acids is 2. The molecule has 3 heterocycles. The van der Waals surface area contributed by atoms with Crippen molar-refractivity contribution in [2.75, 3.05) is 19.7 Å². The van der Waals surface area contributed by atoms with Gasteiger partial charge in [-0.25, -0.2) is 0 Å². The fourth-order valence-corrected chi connectivity index (χ4v) is 3.00. The third-order valence-electron chi connectivity index (χ3n) is 4.29. The SMILES string of the molecule is CCOC(=O)C1CCN(C(=O)c2cc3occc3n2C)CC1. The highest BCUT2D eigenvalue weighted by Crippen LogP contribution is 2.24. The molecule has 0 N–H and O–H groups in total. The first kappa shape index (κ1) is 14.7. The number of amides is 1. The summed E-state index contributed by atoms with van der Waals surface area (Å²) in [4.78, 5) is 26.2. The van der Waals surface area contributed by atoms with Crippen molar-refractivity contribution >= 4 is 23.0 Å². The Bertz CT molecular complexity index is 692. The third-order valence-corrected chi connectivity index (χ3v) is 4.29. The summed E-state index contributed by atoms with van der Waals surface area (Å²) < 4.78 is 12.2. The smallest absolute Gasteiger partial charge is 0.309 e. The maximum absolute atomic E-state index is 12.6. The van der Waals surface area contributed by atoms with Crippen molar-refractivity contribution < 1.29 is 18.7 Å². The highest BCUT2D eigenvalue weighted by atomic mass is 16.5. The Hall–Kier alpha value is -2.24. The monoisotopic (exact) mass is 304 g/mol. The van der Waals surface area contributed by atoms with E-state index in [1.54, 1.807) is 17.2 Å². The number of carbonyl (C=O) groups is 2. The van der Waals surface area contributed by atoms with Gasteiger partial charge in [0, 0.05) is 32.3 Å². The Morgan fingerprint density at radius 2 is 2.09 bits per heavy atom. The second-order valence-corrected chi connectivity index (χ2v) is 5.58. The molecule has 1 aliphatic heterocycles. The van der Waals surface area contributed by atoms with Gasteiger partial charge in [-0.1, -0.05) is 0 Å². The van der Waals surface area contributed by atoms with Gasteiger partial charge in [-0.15, -0.1) is 0 Å². The van der Waals surface area contributed by atoms with Crippen LogP contribution in [0.2, 0.25) is 0 Å².